The first-order chi connectivity index (χ1) is 17.0. The first-order valence-corrected chi connectivity index (χ1v) is 16.7. The van der Waals surface area contributed by atoms with Crippen molar-refractivity contribution in [1.29, 1.82) is 0 Å². The molecule has 0 unspecified atom stereocenters. The molecular weight excluding hydrogens is 602 g/mol. The second-order valence-corrected chi connectivity index (χ2v) is 16.9. The van der Waals surface area contributed by atoms with Crippen molar-refractivity contribution >= 4 is 63.3 Å². The quantitative estimate of drug-likeness (QED) is 0.188. The Morgan fingerprint density at radius 1 is 1.08 bits per heavy atom. The van der Waals surface area contributed by atoms with Gasteiger partial charge in [0.2, 0.25) is 0 Å². The van der Waals surface area contributed by atoms with Gasteiger partial charge in [-0.3, -0.25) is 9.69 Å². The Morgan fingerprint density at radius 3 is 2.39 bits per heavy atom. The lowest BCUT2D eigenvalue weighted by atomic mass is 9.85. The van der Waals surface area contributed by atoms with Crippen LogP contribution in [-0.2, 0) is 9.53 Å². The number of anilines is 1. The van der Waals surface area contributed by atoms with Gasteiger partial charge in [-0.2, -0.15) is 0 Å². The maximum atomic E-state index is 13.5. The largest absolute Gasteiger partial charge is 0.466 e. The molecule has 2 aromatic carbocycles. The van der Waals surface area contributed by atoms with E-state index in [1.165, 1.54) is 6.92 Å². The topological polar surface area (TPSA) is 55.8 Å². The maximum Gasteiger partial charge on any atom is 0.421 e. The second kappa shape index (κ2) is 12.6. The van der Waals surface area contributed by atoms with Crippen LogP contribution in [0.4, 0.5) is 10.5 Å². The zero-order chi connectivity index (χ0) is 26.3. The number of amides is 1. The third-order valence-corrected chi connectivity index (χ3v) is 6.71. The first kappa shape index (κ1) is 28.0. The number of para-hydroxylation sites is 2. The molecule has 2 atom stereocenters. The maximum absolute atomic E-state index is 13.5. The van der Waals surface area contributed by atoms with Gasteiger partial charge in [-0.25, -0.2) is 4.79 Å². The van der Waals surface area contributed by atoms with E-state index in [2.05, 4.69) is 63.0 Å². The number of ether oxygens (including phenoxy) is 2. The Labute approximate surface area is 230 Å². The molecule has 3 rings (SSSR count). The molecule has 0 spiro atoms. The molecule has 0 radical (unpaired) electrons. The van der Waals surface area contributed by atoms with Crippen LogP contribution in [0.2, 0.25) is 19.6 Å². The van der Waals surface area contributed by atoms with Crippen molar-refractivity contribution in [3.05, 3.63) is 75.7 Å². The van der Waals surface area contributed by atoms with E-state index in [1.54, 1.807) is 17.0 Å². The van der Waals surface area contributed by atoms with E-state index in [9.17, 15) is 9.59 Å². The Bertz CT molecular complexity index is 1220. The highest BCUT2D eigenvalue weighted by atomic mass is 79.9. The number of carbonyl (C=O) groups is 2. The second-order valence-electron chi connectivity index (χ2n) is 9.35. The van der Waals surface area contributed by atoms with E-state index < -0.39 is 20.2 Å². The van der Waals surface area contributed by atoms with Gasteiger partial charge in [-0.1, -0.05) is 68.0 Å². The van der Waals surface area contributed by atoms with Crippen molar-refractivity contribution in [1.82, 2.24) is 0 Å². The molecule has 1 amide bonds. The minimum atomic E-state index is -1.73. The fourth-order valence-corrected chi connectivity index (χ4v) is 5.01. The molecule has 1 aliphatic rings. The minimum absolute atomic E-state index is 0.0947. The summed E-state index contributed by atoms with van der Waals surface area (Å²) in [6.07, 6.45) is 4.13. The fraction of sp³-hybridized carbons (Fsp3) is 0.286. The van der Waals surface area contributed by atoms with Crippen LogP contribution in [0.1, 0.15) is 18.9 Å². The molecule has 8 heteroatoms. The number of hydrogen-bond acceptors (Lipinski definition) is 4. The van der Waals surface area contributed by atoms with Gasteiger partial charge in [0.05, 0.1) is 15.7 Å². The molecule has 0 bridgehead atoms. The number of esters is 1. The van der Waals surface area contributed by atoms with Crippen LogP contribution < -0.4 is 9.64 Å². The third kappa shape index (κ3) is 7.95. The zero-order valence-electron chi connectivity index (χ0n) is 20.8. The molecule has 2 aromatic rings. The Morgan fingerprint density at radius 2 is 1.75 bits per heavy atom. The van der Waals surface area contributed by atoms with E-state index in [0.717, 1.165) is 20.2 Å². The van der Waals surface area contributed by atoms with Crippen LogP contribution in [-0.4, -0.2) is 32.8 Å². The van der Waals surface area contributed by atoms with E-state index in [1.807, 2.05) is 54.6 Å². The zero-order valence-corrected chi connectivity index (χ0v) is 24.9. The van der Waals surface area contributed by atoms with Crippen molar-refractivity contribution in [3.63, 3.8) is 0 Å². The molecule has 5 nitrogen and oxygen atoms in total. The fourth-order valence-electron chi connectivity index (χ4n) is 3.79. The van der Waals surface area contributed by atoms with Crippen molar-refractivity contribution in [2.75, 3.05) is 11.5 Å². The molecule has 188 valence electrons. The predicted molar refractivity (Wildman–Crippen MR) is 155 cm³/mol. The predicted octanol–water partition coefficient (Wildman–Crippen LogP) is 7.54. The van der Waals surface area contributed by atoms with E-state index in [0.29, 0.717) is 12.2 Å². The van der Waals surface area contributed by atoms with Crippen LogP contribution in [0.3, 0.4) is 0 Å². The molecular formula is C28H29Br2NO4Si. The van der Waals surface area contributed by atoms with Crippen LogP contribution >= 0.6 is 31.9 Å². The van der Waals surface area contributed by atoms with Gasteiger partial charge in [0.15, 0.2) is 0 Å². The molecule has 0 N–H and O–H groups in total. The number of fused-ring (bicyclic) bond motifs is 1. The molecule has 0 fully saturated rings. The highest BCUT2D eigenvalue weighted by Crippen LogP contribution is 2.41. The van der Waals surface area contributed by atoms with Gasteiger partial charge >= 0.3 is 12.1 Å². The SMILES string of the molecule is CC(=O)OCC[C@H](C=C(Br)Br)C1=C[C@H](C#C[Si](C)(C)C)N(C(=O)Oc2ccccc2)c2ccccc21. The molecule has 0 saturated heterocycles. The summed E-state index contributed by atoms with van der Waals surface area (Å²) in [4.78, 5) is 26.5. The van der Waals surface area contributed by atoms with E-state index in [4.69, 9.17) is 9.47 Å². The number of allylic oxidation sites excluding steroid dienone is 2. The van der Waals surface area contributed by atoms with Crippen LogP contribution in [0, 0.1) is 17.4 Å². The number of benzene rings is 2. The van der Waals surface area contributed by atoms with Gasteiger partial charge in [0.1, 0.15) is 19.9 Å². The van der Waals surface area contributed by atoms with Gasteiger partial charge in [0.25, 0.3) is 0 Å². The molecule has 0 saturated carbocycles. The monoisotopic (exact) mass is 629 g/mol. The van der Waals surface area contributed by atoms with Gasteiger partial charge < -0.3 is 9.47 Å². The Balaban J connectivity index is 2.10. The van der Waals surface area contributed by atoms with E-state index >= 15 is 0 Å². The van der Waals surface area contributed by atoms with Crippen molar-refractivity contribution in [2.45, 2.75) is 39.0 Å². The lowest BCUT2D eigenvalue weighted by molar-refractivity contribution is -0.141. The summed E-state index contributed by atoms with van der Waals surface area (Å²) < 4.78 is 11.8. The normalized spacial score (nSPS) is 15.4. The van der Waals surface area contributed by atoms with Crippen molar-refractivity contribution in [3.8, 4) is 17.2 Å². The Hall–Kier alpha value is -2.60. The van der Waals surface area contributed by atoms with Crippen molar-refractivity contribution < 1.29 is 19.1 Å². The smallest absolute Gasteiger partial charge is 0.421 e. The van der Waals surface area contributed by atoms with Crippen molar-refractivity contribution in [2.24, 2.45) is 5.92 Å². The van der Waals surface area contributed by atoms with Gasteiger partial charge in [0, 0.05) is 18.4 Å². The standard InChI is InChI=1S/C28H29Br2NO4Si/c1-20(32)34-16-14-21(18-27(29)30)25-19-22(15-17-36(2,3)4)31(26-13-9-8-12-24(25)26)28(33)35-23-10-6-5-7-11-23/h5-13,18-19,21-22H,14,16H2,1-4H3/t21-,22+/m1/s1. The van der Waals surface area contributed by atoms with E-state index in [-0.39, 0.29) is 18.5 Å². The van der Waals surface area contributed by atoms with Crippen LogP contribution in [0.5, 0.6) is 5.75 Å². The molecule has 36 heavy (non-hydrogen) atoms. The number of halogens is 2. The van der Waals surface area contributed by atoms with Gasteiger partial charge in [-0.15, -0.1) is 5.54 Å². The summed E-state index contributed by atoms with van der Waals surface area (Å²) in [5.74, 6) is 3.42. The average Bonchev–Trinajstić information content (AvgIpc) is 2.81. The lowest BCUT2D eigenvalue weighted by Gasteiger charge is -2.35. The summed E-state index contributed by atoms with van der Waals surface area (Å²) >= 11 is 6.96. The summed E-state index contributed by atoms with van der Waals surface area (Å²) in [5, 5.41) is 0. The molecule has 1 aliphatic heterocycles. The molecule has 0 aliphatic carbocycles. The summed E-state index contributed by atoms with van der Waals surface area (Å²) in [7, 11) is -1.73. The van der Waals surface area contributed by atoms with Crippen LogP contribution in [0.15, 0.2) is 70.1 Å². The number of hydrogen-bond donors (Lipinski definition) is 0. The summed E-state index contributed by atoms with van der Waals surface area (Å²) in [6, 6.07) is 16.2. The average molecular weight is 631 g/mol. The van der Waals surface area contributed by atoms with Crippen LogP contribution in [0.25, 0.3) is 5.57 Å². The molecule has 0 aromatic heterocycles. The number of carbonyl (C=O) groups excluding carboxylic acids is 2. The minimum Gasteiger partial charge on any atom is -0.466 e. The highest BCUT2D eigenvalue weighted by Gasteiger charge is 2.34. The summed E-state index contributed by atoms with van der Waals surface area (Å²) in [6.45, 7) is 8.18. The third-order valence-electron chi connectivity index (χ3n) is 5.29. The summed E-state index contributed by atoms with van der Waals surface area (Å²) in [5.41, 5.74) is 6.05. The Kier molecular flexibility index (Phi) is 9.77. The lowest BCUT2D eigenvalue weighted by Crippen LogP contribution is -2.43. The highest BCUT2D eigenvalue weighted by molar-refractivity contribution is 9.28. The number of nitrogens with zero attached hydrogens (tertiary/aromatic N) is 1. The van der Waals surface area contributed by atoms with Gasteiger partial charge in [-0.05, 0) is 68.1 Å². The molecule has 1 heterocycles. The number of rotatable bonds is 6. The first-order valence-electron chi connectivity index (χ1n) is 11.6.